The van der Waals surface area contributed by atoms with Gasteiger partial charge in [0, 0.05) is 45.0 Å². The lowest BCUT2D eigenvalue weighted by molar-refractivity contribution is -0.122. The molecule has 0 aromatic heterocycles. The van der Waals surface area contributed by atoms with Crippen LogP contribution in [0.3, 0.4) is 0 Å². The Labute approximate surface area is 210 Å². The number of aliphatic hydroxyl groups is 1. The number of allylic oxidation sites excluding steroid dienone is 3. The van der Waals surface area contributed by atoms with Crippen LogP contribution in [-0.4, -0.2) is 75.8 Å². The molecule has 9 nitrogen and oxygen atoms in total. The fourth-order valence-electron chi connectivity index (χ4n) is 2.95. The number of hydrogen-bond acceptors (Lipinski definition) is 7. The van der Waals surface area contributed by atoms with Gasteiger partial charge in [0.25, 0.3) is 0 Å². The van der Waals surface area contributed by atoms with E-state index in [1.54, 1.807) is 20.1 Å². The molecule has 2 amide bonds. The van der Waals surface area contributed by atoms with Gasteiger partial charge in [-0.2, -0.15) is 0 Å². The molecule has 2 atom stereocenters. The third-order valence-corrected chi connectivity index (χ3v) is 4.93. The number of methoxy groups -OCH3 is 1. The van der Waals surface area contributed by atoms with Crippen LogP contribution in [0.15, 0.2) is 52.7 Å². The largest absolute Gasteiger partial charge is 0.396 e. The van der Waals surface area contributed by atoms with Crippen LogP contribution in [0.2, 0.25) is 0 Å². The van der Waals surface area contributed by atoms with Crippen LogP contribution in [0.4, 0.5) is 0 Å². The number of nitrogens with one attached hydrogen (secondary N) is 2. The lowest BCUT2D eigenvalue weighted by Crippen LogP contribution is -2.46. The Morgan fingerprint density at radius 1 is 1.40 bits per heavy atom. The van der Waals surface area contributed by atoms with Crippen molar-refractivity contribution in [2.45, 2.75) is 58.0 Å². The van der Waals surface area contributed by atoms with Gasteiger partial charge in [-0.15, -0.1) is 0 Å². The zero-order valence-electron chi connectivity index (χ0n) is 21.5. The molecule has 5 N–H and O–H groups in total. The van der Waals surface area contributed by atoms with Gasteiger partial charge in [0.15, 0.2) is 0 Å². The second kappa shape index (κ2) is 21.9. The highest BCUT2D eigenvalue weighted by atomic mass is 16.5. The van der Waals surface area contributed by atoms with Crippen molar-refractivity contribution in [3.63, 3.8) is 0 Å². The van der Waals surface area contributed by atoms with Gasteiger partial charge < -0.3 is 30.9 Å². The minimum atomic E-state index is -0.583. The Morgan fingerprint density at radius 2 is 2.17 bits per heavy atom. The molecule has 1 aliphatic heterocycles. The Morgan fingerprint density at radius 3 is 2.77 bits per heavy atom. The predicted octanol–water partition coefficient (Wildman–Crippen LogP) is 2.18. The van der Waals surface area contributed by atoms with Gasteiger partial charge in [-0.05, 0) is 37.3 Å². The number of aliphatic imine (C=N–C) groups is 1. The van der Waals surface area contributed by atoms with Gasteiger partial charge in [-0.1, -0.05) is 37.8 Å². The molecule has 0 fully saturated rings. The number of unbranched alkanes of at least 4 members (excludes halogenated alkanes) is 1. The number of nitrogens with two attached hydrogens (primary N) is 1. The summed E-state index contributed by atoms with van der Waals surface area (Å²) in [5.41, 5.74) is 8.69. The summed E-state index contributed by atoms with van der Waals surface area (Å²) in [5.74, 6) is -0.209. The van der Waals surface area contributed by atoms with Crippen molar-refractivity contribution >= 4 is 18.5 Å². The van der Waals surface area contributed by atoms with Crippen LogP contribution in [0, 0.1) is 0 Å². The fraction of sp³-hybridized carbons (Fsp3) is 0.577. The second-order valence-corrected chi connectivity index (χ2v) is 7.88. The van der Waals surface area contributed by atoms with Crippen LogP contribution in [-0.2, 0) is 19.1 Å². The third-order valence-electron chi connectivity index (χ3n) is 4.93. The molecular formula is C26H44N4O5. The molecule has 0 spiro atoms. The van der Waals surface area contributed by atoms with E-state index in [1.807, 2.05) is 18.4 Å². The minimum Gasteiger partial charge on any atom is -0.396 e. The monoisotopic (exact) mass is 492 g/mol. The highest BCUT2D eigenvalue weighted by molar-refractivity contribution is 5.82. The maximum Gasteiger partial charge on any atom is 0.237 e. The normalized spacial score (nSPS) is 14.9. The van der Waals surface area contributed by atoms with Crippen molar-refractivity contribution in [1.82, 2.24) is 10.6 Å². The van der Waals surface area contributed by atoms with E-state index in [-0.39, 0.29) is 18.6 Å². The molecule has 2 unspecified atom stereocenters. The number of nitrogens with zero attached hydrogens (tertiary/aromatic N) is 1. The molecular weight excluding hydrogens is 448 g/mol. The van der Waals surface area contributed by atoms with Gasteiger partial charge in [0.05, 0.1) is 31.9 Å². The summed E-state index contributed by atoms with van der Waals surface area (Å²) in [6.45, 7) is 9.79. The molecule has 0 aliphatic carbocycles. The Kier molecular flexibility index (Phi) is 20.3. The highest BCUT2D eigenvalue weighted by Gasteiger charge is 2.24. The van der Waals surface area contributed by atoms with E-state index >= 15 is 0 Å². The van der Waals surface area contributed by atoms with Crippen molar-refractivity contribution in [2.24, 2.45) is 10.7 Å². The lowest BCUT2D eigenvalue weighted by atomic mass is 10.0. The molecule has 198 valence electrons. The SMILES string of the molecule is C=C/C(=C\C=C/CC)COCC(NC(=O)C(C)N)C1=C(CCOC)N=CC1.O=CNCCCCO. The summed E-state index contributed by atoms with van der Waals surface area (Å²) in [4.78, 5) is 26.2. The molecule has 1 heterocycles. The van der Waals surface area contributed by atoms with Crippen molar-refractivity contribution in [2.75, 3.05) is 40.1 Å². The summed E-state index contributed by atoms with van der Waals surface area (Å²) >= 11 is 0. The van der Waals surface area contributed by atoms with Gasteiger partial charge in [-0.25, -0.2) is 0 Å². The molecule has 0 saturated carbocycles. The standard InChI is InChI=1S/C21H33N3O3.C5H11NO2/c1-5-7-8-9-17(6-2)14-27-15-20(24-21(25)16(3)22)18-10-12-23-19(18)11-13-26-4;7-4-2-1-3-6-5-8/h6-9,12,16,20H,2,5,10-11,13-15,22H2,1,3-4H3,(H,24,25);5,7H,1-4H2,(H,6,8)/b8-7-,17-9+;. The number of amides is 2. The number of carbonyl (C=O) groups excluding carboxylic acids is 2. The zero-order chi connectivity index (χ0) is 26.3. The highest BCUT2D eigenvalue weighted by Crippen LogP contribution is 2.23. The average molecular weight is 493 g/mol. The number of hydrogen-bond donors (Lipinski definition) is 4. The topological polar surface area (TPSA) is 135 Å². The summed E-state index contributed by atoms with van der Waals surface area (Å²) < 4.78 is 11.0. The first kappa shape index (κ1) is 32.4. The Balaban J connectivity index is 0.00000124. The molecule has 0 aromatic rings. The summed E-state index contributed by atoms with van der Waals surface area (Å²) in [7, 11) is 1.66. The number of carbonyl (C=O) groups is 2. The van der Waals surface area contributed by atoms with E-state index in [0.717, 1.165) is 36.1 Å². The maximum absolute atomic E-state index is 12.1. The molecule has 0 radical (unpaired) electrons. The summed E-state index contributed by atoms with van der Waals surface area (Å²) in [6.07, 6.45) is 14.3. The van der Waals surface area contributed by atoms with Crippen molar-refractivity contribution in [1.29, 1.82) is 0 Å². The van der Waals surface area contributed by atoms with E-state index in [1.165, 1.54) is 0 Å². The molecule has 9 heteroatoms. The van der Waals surface area contributed by atoms with Crippen LogP contribution < -0.4 is 16.4 Å². The van der Waals surface area contributed by atoms with E-state index in [9.17, 15) is 9.59 Å². The predicted molar refractivity (Wildman–Crippen MR) is 141 cm³/mol. The van der Waals surface area contributed by atoms with Crippen LogP contribution >= 0.6 is 0 Å². The Bertz CT molecular complexity index is 729. The smallest absolute Gasteiger partial charge is 0.237 e. The molecule has 0 aromatic carbocycles. The van der Waals surface area contributed by atoms with Crippen molar-refractivity contribution in [3.8, 4) is 0 Å². The van der Waals surface area contributed by atoms with Gasteiger partial charge in [-0.3, -0.25) is 14.6 Å². The first-order valence-electron chi connectivity index (χ1n) is 12.1. The fourth-order valence-corrected chi connectivity index (χ4v) is 2.95. The van der Waals surface area contributed by atoms with Gasteiger partial charge >= 0.3 is 0 Å². The molecule has 0 bridgehead atoms. The van der Waals surface area contributed by atoms with Crippen molar-refractivity contribution < 1.29 is 24.2 Å². The zero-order valence-corrected chi connectivity index (χ0v) is 21.5. The van der Waals surface area contributed by atoms with Crippen LogP contribution in [0.1, 0.15) is 46.0 Å². The second-order valence-electron chi connectivity index (χ2n) is 7.88. The molecule has 1 rings (SSSR count). The minimum absolute atomic E-state index is 0.209. The van der Waals surface area contributed by atoms with Gasteiger partial charge in [0.2, 0.25) is 12.3 Å². The van der Waals surface area contributed by atoms with Crippen LogP contribution in [0.25, 0.3) is 0 Å². The van der Waals surface area contributed by atoms with Gasteiger partial charge in [0.1, 0.15) is 0 Å². The summed E-state index contributed by atoms with van der Waals surface area (Å²) in [6, 6.07) is -0.851. The first-order valence-corrected chi connectivity index (χ1v) is 12.1. The maximum atomic E-state index is 12.1. The summed E-state index contributed by atoms with van der Waals surface area (Å²) in [5, 5.41) is 13.7. The lowest BCUT2D eigenvalue weighted by Gasteiger charge is -2.22. The average Bonchev–Trinajstić information content (AvgIpc) is 3.32. The van der Waals surface area contributed by atoms with Crippen molar-refractivity contribution in [3.05, 3.63) is 47.7 Å². The molecule has 0 saturated heterocycles. The third kappa shape index (κ3) is 15.8. The van der Waals surface area contributed by atoms with Crippen LogP contribution in [0.5, 0.6) is 0 Å². The first-order chi connectivity index (χ1) is 16.9. The molecule has 1 aliphatic rings. The van der Waals surface area contributed by atoms with E-state index in [4.69, 9.17) is 20.3 Å². The molecule has 35 heavy (non-hydrogen) atoms. The van der Waals surface area contributed by atoms with E-state index in [0.29, 0.717) is 45.6 Å². The van der Waals surface area contributed by atoms with E-state index < -0.39 is 6.04 Å². The number of aliphatic hydroxyl groups excluding tert-OH is 1. The Hall–Kier alpha value is -2.59. The number of ether oxygens (including phenoxy) is 2. The van der Waals surface area contributed by atoms with E-state index in [2.05, 4.69) is 35.2 Å². The number of rotatable bonds is 18. The quantitative estimate of drug-likeness (QED) is 0.132.